The molecule has 1 fully saturated rings. The minimum Gasteiger partial charge on any atom is -0.481 e. The number of aliphatic hydroxyl groups excluding tert-OH is 1. The van der Waals surface area contributed by atoms with Crippen molar-refractivity contribution >= 4 is 11.9 Å². The van der Waals surface area contributed by atoms with Crippen molar-refractivity contribution in [3.8, 4) is 23.0 Å². The topological polar surface area (TPSA) is 118 Å². The highest BCUT2D eigenvalue weighted by atomic mass is 16.7. The van der Waals surface area contributed by atoms with Crippen molar-refractivity contribution in [2.24, 2.45) is 5.92 Å². The summed E-state index contributed by atoms with van der Waals surface area (Å²) < 4.78 is 22.3. The smallest absolute Gasteiger partial charge is 0.308 e. The molecule has 3 heterocycles. The maximum Gasteiger partial charge on any atom is 0.308 e. The van der Waals surface area contributed by atoms with Crippen molar-refractivity contribution < 1.29 is 38.7 Å². The van der Waals surface area contributed by atoms with Crippen molar-refractivity contribution in [2.75, 3.05) is 46.4 Å². The summed E-state index contributed by atoms with van der Waals surface area (Å²) in [5, 5.41) is 19.9. The molecule has 216 valence electrons. The number of nitrogens with zero attached hydrogens (tertiary/aromatic N) is 2. The molecule has 1 amide bonds. The number of amides is 1. The minimum absolute atomic E-state index is 0.0166. The zero-order valence-corrected chi connectivity index (χ0v) is 22.9. The molecule has 3 atom stereocenters. The van der Waals surface area contributed by atoms with Crippen LogP contribution in [0.5, 0.6) is 23.0 Å². The molecule has 2 N–H and O–H groups in total. The van der Waals surface area contributed by atoms with E-state index in [1.165, 1.54) is 0 Å². The van der Waals surface area contributed by atoms with E-state index in [0.717, 1.165) is 24.0 Å². The van der Waals surface area contributed by atoms with Crippen molar-refractivity contribution in [1.29, 1.82) is 0 Å². The highest BCUT2D eigenvalue weighted by Crippen LogP contribution is 2.44. The molecule has 3 aliphatic heterocycles. The molecule has 5 rings (SSSR count). The lowest BCUT2D eigenvalue weighted by Gasteiger charge is -2.30. The number of ether oxygens (including phenoxy) is 4. The monoisotopic (exact) mass is 554 g/mol. The molecule has 10 nitrogen and oxygen atoms in total. The standard InChI is InChI=1S/C30H38N2O8/c1-2-3-12-31(13-5-14-33)27(34)17-32-16-22(21-9-11-24-26(15-21)39-18-37-24)28(30(35)36)23(32)10-8-20-6-4-7-25-29(20)40-19-38-25/h4,6-7,9,11,15,22-23,28,33H,2-3,5,8,10,12-14,16-19H2,1H3,(H,35,36)/t22-,23+,28?/m1/s1. The van der Waals surface area contributed by atoms with Crippen LogP contribution in [0.15, 0.2) is 36.4 Å². The average Bonchev–Trinajstić information content (AvgIpc) is 3.70. The number of aliphatic hydroxyl groups is 1. The molecule has 2 aromatic rings. The molecule has 3 aliphatic rings. The predicted octanol–water partition coefficient (Wildman–Crippen LogP) is 3.26. The molecule has 2 aromatic carbocycles. The first kappa shape index (κ1) is 28.0. The summed E-state index contributed by atoms with van der Waals surface area (Å²) >= 11 is 0. The Balaban J connectivity index is 1.41. The Kier molecular flexibility index (Phi) is 8.96. The summed E-state index contributed by atoms with van der Waals surface area (Å²) in [7, 11) is 0. The zero-order valence-electron chi connectivity index (χ0n) is 22.9. The predicted molar refractivity (Wildman–Crippen MR) is 146 cm³/mol. The Morgan fingerprint density at radius 1 is 1.00 bits per heavy atom. The van der Waals surface area contributed by atoms with E-state index in [1.807, 2.05) is 41.3 Å². The first-order valence-electron chi connectivity index (χ1n) is 14.1. The van der Waals surface area contributed by atoms with Gasteiger partial charge in [-0.15, -0.1) is 0 Å². The fraction of sp³-hybridized carbons (Fsp3) is 0.533. The van der Waals surface area contributed by atoms with Gasteiger partial charge in [0.25, 0.3) is 0 Å². The number of carbonyl (C=O) groups excluding carboxylic acids is 1. The van der Waals surface area contributed by atoms with E-state index in [9.17, 15) is 19.8 Å². The van der Waals surface area contributed by atoms with Gasteiger partial charge in [-0.1, -0.05) is 31.5 Å². The van der Waals surface area contributed by atoms with Crippen LogP contribution in [0.2, 0.25) is 0 Å². The summed E-state index contributed by atoms with van der Waals surface area (Å²) in [6.07, 6.45) is 3.47. The van der Waals surface area contributed by atoms with Crippen LogP contribution in [0.25, 0.3) is 0 Å². The maximum atomic E-state index is 13.5. The van der Waals surface area contributed by atoms with E-state index < -0.39 is 11.9 Å². The summed E-state index contributed by atoms with van der Waals surface area (Å²) in [5.41, 5.74) is 1.82. The molecule has 0 aromatic heterocycles. The molecule has 40 heavy (non-hydrogen) atoms. The Morgan fingerprint density at radius 2 is 1.77 bits per heavy atom. The van der Waals surface area contributed by atoms with Gasteiger partial charge in [-0.25, -0.2) is 0 Å². The number of fused-ring (bicyclic) bond motifs is 2. The van der Waals surface area contributed by atoms with Crippen molar-refractivity contribution in [3.63, 3.8) is 0 Å². The molecule has 0 aliphatic carbocycles. The Bertz CT molecular complexity index is 1200. The summed E-state index contributed by atoms with van der Waals surface area (Å²) in [6, 6.07) is 11.0. The number of hydrogen-bond donors (Lipinski definition) is 2. The van der Waals surface area contributed by atoms with E-state index in [4.69, 9.17) is 18.9 Å². The van der Waals surface area contributed by atoms with E-state index in [0.29, 0.717) is 61.9 Å². The van der Waals surface area contributed by atoms with Gasteiger partial charge in [0.2, 0.25) is 19.5 Å². The number of carboxylic acids is 1. The molecule has 0 bridgehead atoms. The number of benzene rings is 2. The number of para-hydroxylation sites is 1. The highest BCUT2D eigenvalue weighted by molar-refractivity contribution is 5.79. The normalized spacial score (nSPS) is 21.1. The highest BCUT2D eigenvalue weighted by Gasteiger charge is 2.47. The van der Waals surface area contributed by atoms with Crippen LogP contribution < -0.4 is 18.9 Å². The number of aliphatic carboxylic acids is 1. The maximum absolute atomic E-state index is 13.5. The van der Waals surface area contributed by atoms with Gasteiger partial charge in [0.15, 0.2) is 23.0 Å². The lowest BCUT2D eigenvalue weighted by Crippen LogP contribution is -2.45. The lowest BCUT2D eigenvalue weighted by atomic mass is 9.83. The first-order chi connectivity index (χ1) is 19.5. The summed E-state index contributed by atoms with van der Waals surface area (Å²) in [5.74, 6) is 0.683. The molecule has 0 radical (unpaired) electrons. The fourth-order valence-electron chi connectivity index (χ4n) is 6.07. The number of unbranched alkanes of at least 4 members (excludes halogenated alkanes) is 1. The number of carbonyl (C=O) groups is 2. The molecular weight excluding hydrogens is 516 g/mol. The van der Waals surface area contributed by atoms with Gasteiger partial charge >= 0.3 is 5.97 Å². The van der Waals surface area contributed by atoms with E-state index in [1.54, 1.807) is 4.90 Å². The van der Waals surface area contributed by atoms with Gasteiger partial charge in [-0.3, -0.25) is 14.5 Å². The number of hydrogen-bond acceptors (Lipinski definition) is 8. The number of rotatable bonds is 13. The van der Waals surface area contributed by atoms with Gasteiger partial charge in [0, 0.05) is 38.2 Å². The van der Waals surface area contributed by atoms with Crippen LogP contribution in [-0.2, 0) is 16.0 Å². The Morgan fingerprint density at radius 3 is 2.58 bits per heavy atom. The van der Waals surface area contributed by atoms with Gasteiger partial charge in [0.1, 0.15) is 0 Å². The van der Waals surface area contributed by atoms with Crippen LogP contribution in [0.4, 0.5) is 0 Å². The molecular formula is C30H38N2O8. The summed E-state index contributed by atoms with van der Waals surface area (Å²) in [6.45, 7) is 4.06. The van der Waals surface area contributed by atoms with Crippen LogP contribution >= 0.6 is 0 Å². The molecule has 10 heteroatoms. The van der Waals surface area contributed by atoms with Crippen LogP contribution in [0.3, 0.4) is 0 Å². The van der Waals surface area contributed by atoms with Crippen LogP contribution in [0, 0.1) is 5.92 Å². The third-order valence-electron chi connectivity index (χ3n) is 8.10. The van der Waals surface area contributed by atoms with Gasteiger partial charge in [-0.2, -0.15) is 0 Å². The second-order valence-electron chi connectivity index (χ2n) is 10.6. The fourth-order valence-corrected chi connectivity index (χ4v) is 6.07. The molecule has 1 saturated heterocycles. The molecule has 1 unspecified atom stereocenters. The van der Waals surface area contributed by atoms with Gasteiger partial charge < -0.3 is 34.1 Å². The molecule has 0 saturated carbocycles. The minimum atomic E-state index is -0.886. The Hall–Kier alpha value is -3.50. The number of likely N-dealkylation sites (tertiary alicyclic amines) is 1. The van der Waals surface area contributed by atoms with Crippen LogP contribution in [-0.4, -0.2) is 84.3 Å². The second-order valence-corrected chi connectivity index (χ2v) is 10.6. The third kappa shape index (κ3) is 5.97. The van der Waals surface area contributed by atoms with Crippen LogP contribution in [0.1, 0.15) is 49.7 Å². The summed E-state index contributed by atoms with van der Waals surface area (Å²) in [4.78, 5) is 30.2. The van der Waals surface area contributed by atoms with Crippen molar-refractivity contribution in [1.82, 2.24) is 9.80 Å². The Labute approximate surface area is 234 Å². The van der Waals surface area contributed by atoms with Crippen molar-refractivity contribution in [2.45, 2.75) is 51.0 Å². The SMILES string of the molecule is CCCCN(CCCO)C(=O)CN1C[C@H](c2ccc3c(c2)OCO3)C(C(=O)O)[C@@H]1CCc1cccc2c1OCO2. The number of carboxylic acid groups (broad SMARTS) is 1. The lowest BCUT2D eigenvalue weighted by molar-refractivity contribution is -0.143. The van der Waals surface area contributed by atoms with Gasteiger partial charge in [-0.05, 0) is 55.0 Å². The quantitative estimate of drug-likeness (QED) is 0.385. The third-order valence-corrected chi connectivity index (χ3v) is 8.10. The van der Waals surface area contributed by atoms with E-state index in [-0.39, 0.29) is 44.6 Å². The number of aryl methyl sites for hydroxylation is 1. The van der Waals surface area contributed by atoms with E-state index in [2.05, 4.69) is 6.92 Å². The zero-order chi connectivity index (χ0) is 28.1. The second kappa shape index (κ2) is 12.8. The molecule has 0 spiro atoms. The first-order valence-corrected chi connectivity index (χ1v) is 14.1. The van der Waals surface area contributed by atoms with E-state index >= 15 is 0 Å². The van der Waals surface area contributed by atoms with Gasteiger partial charge in [0.05, 0.1) is 12.5 Å². The average molecular weight is 555 g/mol. The van der Waals surface area contributed by atoms with Crippen molar-refractivity contribution in [3.05, 3.63) is 47.5 Å². The largest absolute Gasteiger partial charge is 0.481 e.